The summed E-state index contributed by atoms with van der Waals surface area (Å²) in [4.78, 5) is 35.5. The molecule has 0 bridgehead atoms. The second kappa shape index (κ2) is 13.5. The van der Waals surface area contributed by atoms with Gasteiger partial charge in [-0.3, -0.25) is 9.59 Å². The van der Waals surface area contributed by atoms with Gasteiger partial charge in [-0.1, -0.05) is 74.7 Å². The van der Waals surface area contributed by atoms with Gasteiger partial charge in [0, 0.05) is 31.3 Å². The van der Waals surface area contributed by atoms with Gasteiger partial charge < -0.3 is 20.5 Å². The summed E-state index contributed by atoms with van der Waals surface area (Å²) in [6, 6.07) is 16.1. The third-order valence-electron chi connectivity index (χ3n) is 6.37. The molecule has 0 saturated heterocycles. The Labute approximate surface area is 207 Å². The van der Waals surface area contributed by atoms with Crippen LogP contribution in [0.3, 0.4) is 0 Å². The number of amides is 2. The fourth-order valence-corrected chi connectivity index (χ4v) is 4.66. The minimum atomic E-state index is -0.774. The maximum Gasteiger partial charge on any atom is 0.407 e. The normalized spacial score (nSPS) is 12.9. The highest BCUT2D eigenvalue weighted by Gasteiger charge is 2.29. The van der Waals surface area contributed by atoms with Gasteiger partial charge in [-0.25, -0.2) is 4.79 Å². The molecule has 7 heteroatoms. The van der Waals surface area contributed by atoms with Gasteiger partial charge in [-0.05, 0) is 41.5 Å². The Kier molecular flexibility index (Phi) is 10.1. The Morgan fingerprint density at radius 2 is 1.57 bits per heavy atom. The lowest BCUT2D eigenvalue weighted by Crippen LogP contribution is -2.40. The minimum absolute atomic E-state index is 0.00317. The van der Waals surface area contributed by atoms with Crippen LogP contribution in [-0.4, -0.2) is 42.3 Å². The van der Waals surface area contributed by atoms with E-state index in [9.17, 15) is 14.4 Å². The molecule has 1 aliphatic rings. The van der Waals surface area contributed by atoms with Crippen LogP contribution in [-0.2, 0) is 14.3 Å². The number of nitrogens with one attached hydrogen (secondary N) is 2. The van der Waals surface area contributed by atoms with Gasteiger partial charge in [0.05, 0.1) is 0 Å². The van der Waals surface area contributed by atoms with Gasteiger partial charge in [-0.15, -0.1) is 0 Å². The number of fused-ring (bicyclic) bond motifs is 3. The van der Waals surface area contributed by atoms with Crippen molar-refractivity contribution in [1.29, 1.82) is 0 Å². The predicted molar refractivity (Wildman–Crippen MR) is 135 cm³/mol. The maximum atomic E-state index is 12.6. The molecule has 2 aromatic rings. The van der Waals surface area contributed by atoms with Crippen molar-refractivity contribution >= 4 is 18.0 Å². The Bertz CT molecular complexity index is 961. The third-order valence-corrected chi connectivity index (χ3v) is 6.37. The molecule has 1 aliphatic carbocycles. The van der Waals surface area contributed by atoms with Gasteiger partial charge in [0.1, 0.15) is 6.61 Å². The standard InChI is InChI=1S/C28H36N2O5/c1-2-11-20(18-26(31)29-17-10-4-3-5-16-27(32)33)30-28(34)35-19-25-23-14-8-6-12-21(23)22-13-7-9-15-24(22)25/h6-9,12-15,20,25H,2-5,10-11,16-19H2,1H3,(H,29,31)(H,30,34)(H,32,33). The molecule has 0 spiro atoms. The topological polar surface area (TPSA) is 105 Å². The zero-order chi connectivity index (χ0) is 25.0. The Hall–Kier alpha value is -3.35. The molecule has 2 aromatic carbocycles. The highest BCUT2D eigenvalue weighted by atomic mass is 16.5. The SMILES string of the molecule is CCCC(CC(=O)NCCCCCCC(=O)O)NC(=O)OCC1c2ccccc2-c2ccccc21. The molecule has 0 aromatic heterocycles. The lowest BCUT2D eigenvalue weighted by atomic mass is 9.98. The van der Waals surface area contributed by atoms with Crippen LogP contribution in [0, 0.1) is 0 Å². The molecule has 0 radical (unpaired) electrons. The van der Waals surface area contributed by atoms with Crippen molar-refractivity contribution in [2.24, 2.45) is 0 Å². The van der Waals surface area contributed by atoms with Crippen molar-refractivity contribution < 1.29 is 24.2 Å². The van der Waals surface area contributed by atoms with Crippen molar-refractivity contribution in [2.45, 2.75) is 70.3 Å². The van der Waals surface area contributed by atoms with Gasteiger partial charge in [-0.2, -0.15) is 0 Å². The molecular formula is C28H36N2O5. The summed E-state index contributed by atoms with van der Waals surface area (Å²) in [5.74, 6) is -0.881. The van der Waals surface area contributed by atoms with Crippen LogP contribution >= 0.6 is 0 Å². The Morgan fingerprint density at radius 3 is 2.20 bits per heavy atom. The zero-order valence-corrected chi connectivity index (χ0v) is 20.4. The van der Waals surface area contributed by atoms with Crippen LogP contribution in [0.2, 0.25) is 0 Å². The molecule has 3 N–H and O–H groups in total. The Balaban J connectivity index is 1.43. The van der Waals surface area contributed by atoms with Crippen LogP contribution < -0.4 is 10.6 Å². The number of aliphatic carboxylic acids is 1. The molecule has 0 heterocycles. The quantitative estimate of drug-likeness (QED) is 0.321. The molecule has 0 aliphatic heterocycles. The van der Waals surface area contributed by atoms with Crippen molar-refractivity contribution in [3.05, 3.63) is 59.7 Å². The lowest BCUT2D eigenvalue weighted by molar-refractivity contribution is -0.137. The van der Waals surface area contributed by atoms with Gasteiger partial charge in [0.25, 0.3) is 0 Å². The number of alkyl carbamates (subject to hydrolysis) is 1. The summed E-state index contributed by atoms with van der Waals surface area (Å²) in [7, 11) is 0. The molecule has 0 fully saturated rings. The summed E-state index contributed by atoms with van der Waals surface area (Å²) in [6.07, 6.45) is 4.60. The van der Waals surface area contributed by atoms with Crippen molar-refractivity contribution in [3.8, 4) is 11.1 Å². The van der Waals surface area contributed by atoms with Crippen LogP contribution in [0.5, 0.6) is 0 Å². The van der Waals surface area contributed by atoms with Gasteiger partial charge >= 0.3 is 12.1 Å². The largest absolute Gasteiger partial charge is 0.481 e. The van der Waals surface area contributed by atoms with E-state index in [1.165, 1.54) is 11.1 Å². The van der Waals surface area contributed by atoms with E-state index >= 15 is 0 Å². The molecule has 2 amide bonds. The second-order valence-corrected chi connectivity index (χ2v) is 9.07. The number of carbonyl (C=O) groups is 3. The average Bonchev–Trinajstić information content (AvgIpc) is 3.16. The third kappa shape index (κ3) is 7.84. The molecular weight excluding hydrogens is 444 g/mol. The number of carboxylic acids is 1. The number of hydrogen-bond acceptors (Lipinski definition) is 4. The fourth-order valence-electron chi connectivity index (χ4n) is 4.66. The lowest BCUT2D eigenvalue weighted by Gasteiger charge is -2.19. The molecule has 188 valence electrons. The first kappa shape index (κ1) is 26.3. The van der Waals surface area contributed by atoms with Gasteiger partial charge in [0.15, 0.2) is 0 Å². The van der Waals surface area contributed by atoms with E-state index < -0.39 is 12.1 Å². The summed E-state index contributed by atoms with van der Waals surface area (Å²) in [5, 5.41) is 14.4. The van der Waals surface area contributed by atoms with Crippen LogP contribution in [0.1, 0.15) is 75.3 Å². The summed E-state index contributed by atoms with van der Waals surface area (Å²) >= 11 is 0. The highest BCUT2D eigenvalue weighted by molar-refractivity contribution is 5.79. The average molecular weight is 481 g/mol. The van der Waals surface area contributed by atoms with E-state index in [0.717, 1.165) is 36.8 Å². The fraction of sp³-hybridized carbons (Fsp3) is 0.464. The predicted octanol–water partition coefficient (Wildman–Crippen LogP) is 5.24. The van der Waals surface area contributed by atoms with E-state index in [1.807, 2.05) is 31.2 Å². The number of benzene rings is 2. The number of carbonyl (C=O) groups excluding carboxylic acids is 2. The maximum absolute atomic E-state index is 12.6. The summed E-state index contributed by atoms with van der Waals surface area (Å²) < 4.78 is 5.63. The van der Waals surface area contributed by atoms with E-state index in [0.29, 0.717) is 19.4 Å². The van der Waals surface area contributed by atoms with Crippen LogP contribution in [0.25, 0.3) is 11.1 Å². The van der Waals surface area contributed by atoms with E-state index in [2.05, 4.69) is 34.9 Å². The number of carboxylic acid groups (broad SMARTS) is 1. The highest BCUT2D eigenvalue weighted by Crippen LogP contribution is 2.44. The second-order valence-electron chi connectivity index (χ2n) is 9.07. The number of rotatable bonds is 14. The van der Waals surface area contributed by atoms with Crippen molar-refractivity contribution in [3.63, 3.8) is 0 Å². The van der Waals surface area contributed by atoms with E-state index in [1.54, 1.807) is 0 Å². The number of ether oxygens (including phenoxy) is 1. The summed E-state index contributed by atoms with van der Waals surface area (Å²) in [6.45, 7) is 2.81. The van der Waals surface area contributed by atoms with Crippen molar-refractivity contribution in [1.82, 2.24) is 10.6 Å². The first-order valence-electron chi connectivity index (χ1n) is 12.6. The molecule has 1 atom stereocenters. The van der Waals surface area contributed by atoms with Gasteiger partial charge in [0.2, 0.25) is 5.91 Å². The van der Waals surface area contributed by atoms with Crippen LogP contribution in [0.15, 0.2) is 48.5 Å². The molecule has 1 unspecified atom stereocenters. The molecule has 0 saturated carbocycles. The first-order chi connectivity index (χ1) is 17.0. The number of hydrogen-bond donors (Lipinski definition) is 3. The summed E-state index contributed by atoms with van der Waals surface area (Å²) in [5.41, 5.74) is 4.68. The first-order valence-corrected chi connectivity index (χ1v) is 12.6. The van der Waals surface area contributed by atoms with E-state index in [-0.39, 0.29) is 37.3 Å². The monoisotopic (exact) mass is 480 g/mol. The smallest absolute Gasteiger partial charge is 0.407 e. The molecule has 7 nitrogen and oxygen atoms in total. The Morgan fingerprint density at radius 1 is 0.943 bits per heavy atom. The zero-order valence-electron chi connectivity index (χ0n) is 20.4. The van der Waals surface area contributed by atoms with E-state index in [4.69, 9.17) is 9.84 Å². The van der Waals surface area contributed by atoms with Crippen LogP contribution in [0.4, 0.5) is 4.79 Å². The minimum Gasteiger partial charge on any atom is -0.481 e. The molecule has 3 rings (SSSR count). The number of unbranched alkanes of at least 4 members (excludes halogenated alkanes) is 3. The van der Waals surface area contributed by atoms with Crippen molar-refractivity contribution in [2.75, 3.05) is 13.2 Å². The molecule has 35 heavy (non-hydrogen) atoms.